The second-order valence-electron chi connectivity index (χ2n) is 7.54. The molecule has 0 aromatic carbocycles. The van der Waals surface area contributed by atoms with Gasteiger partial charge in [-0.05, 0) is 63.1 Å². The van der Waals surface area contributed by atoms with Crippen molar-refractivity contribution in [2.24, 2.45) is 5.92 Å². The summed E-state index contributed by atoms with van der Waals surface area (Å²) in [6.07, 6.45) is 9.31. The number of pyridine rings is 1. The highest BCUT2D eigenvalue weighted by molar-refractivity contribution is 5.94. The third-order valence-corrected chi connectivity index (χ3v) is 5.60. The zero-order valence-electron chi connectivity index (χ0n) is 14.4. The predicted octanol–water partition coefficient (Wildman–Crippen LogP) is 2.60. The van der Waals surface area contributed by atoms with E-state index in [9.17, 15) is 4.79 Å². The maximum Gasteiger partial charge on any atom is 0.254 e. The molecule has 0 bridgehead atoms. The van der Waals surface area contributed by atoms with E-state index in [2.05, 4.69) is 15.2 Å². The number of hydrogen-bond acceptors (Lipinski definition) is 4. The molecule has 0 unspecified atom stereocenters. The number of aromatic nitrogens is 1. The van der Waals surface area contributed by atoms with Gasteiger partial charge in [0.15, 0.2) is 0 Å². The first-order chi connectivity index (χ1) is 11.8. The first kappa shape index (κ1) is 15.9. The highest BCUT2D eigenvalue weighted by Crippen LogP contribution is 2.31. The standard InChI is InChI=1S/C19H28N4O/c24-19(22-9-2-1-3-10-22)16-6-8-20-18(12-16)21-13-15-7-11-23(14-15)17-4-5-17/h6,8,12,15,17H,1-5,7,9-11,13-14H2,(H,20,21)/t15-/m1/s1. The van der Waals surface area contributed by atoms with Gasteiger partial charge in [0.05, 0.1) is 0 Å². The molecule has 130 valence electrons. The Balaban J connectivity index is 1.31. The number of anilines is 1. The van der Waals surface area contributed by atoms with E-state index in [1.807, 2.05) is 17.0 Å². The van der Waals surface area contributed by atoms with Gasteiger partial charge in [-0.1, -0.05) is 0 Å². The largest absolute Gasteiger partial charge is 0.370 e. The van der Waals surface area contributed by atoms with Gasteiger partial charge >= 0.3 is 0 Å². The molecular weight excluding hydrogens is 300 g/mol. The molecule has 3 aliphatic rings. The molecule has 24 heavy (non-hydrogen) atoms. The molecule has 2 aliphatic heterocycles. The Labute approximate surface area is 144 Å². The molecule has 1 amide bonds. The van der Waals surface area contributed by atoms with Gasteiger partial charge in [-0.2, -0.15) is 0 Å². The van der Waals surface area contributed by atoms with Gasteiger partial charge in [0.25, 0.3) is 5.91 Å². The summed E-state index contributed by atoms with van der Waals surface area (Å²) in [5.74, 6) is 1.69. The predicted molar refractivity (Wildman–Crippen MR) is 95.2 cm³/mol. The molecule has 0 spiro atoms. The van der Waals surface area contributed by atoms with Crippen LogP contribution >= 0.6 is 0 Å². The van der Waals surface area contributed by atoms with Crippen LogP contribution in [0.3, 0.4) is 0 Å². The number of carbonyl (C=O) groups is 1. The van der Waals surface area contributed by atoms with Crippen molar-refractivity contribution in [2.45, 2.75) is 44.6 Å². The maximum atomic E-state index is 12.6. The quantitative estimate of drug-likeness (QED) is 0.903. The lowest BCUT2D eigenvalue weighted by Crippen LogP contribution is -2.35. The number of amides is 1. The van der Waals surface area contributed by atoms with Gasteiger partial charge in [0.2, 0.25) is 0 Å². The second-order valence-corrected chi connectivity index (χ2v) is 7.54. The van der Waals surface area contributed by atoms with Crippen LogP contribution in [0.15, 0.2) is 18.3 Å². The molecule has 1 aromatic heterocycles. The Morgan fingerprint density at radius 1 is 1.17 bits per heavy atom. The van der Waals surface area contributed by atoms with Crippen molar-refractivity contribution in [3.05, 3.63) is 23.9 Å². The smallest absolute Gasteiger partial charge is 0.254 e. The summed E-state index contributed by atoms with van der Waals surface area (Å²) in [7, 11) is 0. The molecule has 4 rings (SSSR count). The third kappa shape index (κ3) is 3.72. The average Bonchev–Trinajstić information content (AvgIpc) is 3.39. The van der Waals surface area contributed by atoms with Crippen LogP contribution in [0.2, 0.25) is 0 Å². The minimum atomic E-state index is 0.154. The van der Waals surface area contributed by atoms with E-state index in [-0.39, 0.29) is 5.91 Å². The fourth-order valence-electron chi connectivity index (χ4n) is 3.99. The molecule has 2 saturated heterocycles. The molecule has 1 aromatic rings. The van der Waals surface area contributed by atoms with Gasteiger partial charge in [-0.25, -0.2) is 4.98 Å². The van der Waals surface area contributed by atoms with E-state index in [0.717, 1.165) is 49.9 Å². The van der Waals surface area contributed by atoms with Gasteiger partial charge in [-0.3, -0.25) is 4.79 Å². The lowest BCUT2D eigenvalue weighted by atomic mass is 10.1. The molecule has 0 radical (unpaired) electrons. The number of rotatable bonds is 5. The monoisotopic (exact) mass is 328 g/mol. The zero-order chi connectivity index (χ0) is 16.4. The van der Waals surface area contributed by atoms with Gasteiger partial charge in [-0.15, -0.1) is 0 Å². The number of likely N-dealkylation sites (tertiary alicyclic amines) is 2. The Hall–Kier alpha value is -1.62. The van der Waals surface area contributed by atoms with Crippen molar-refractivity contribution >= 4 is 11.7 Å². The molecule has 1 aliphatic carbocycles. The zero-order valence-corrected chi connectivity index (χ0v) is 14.4. The first-order valence-corrected chi connectivity index (χ1v) is 9.53. The molecule has 1 atom stereocenters. The minimum absolute atomic E-state index is 0.154. The number of nitrogens with one attached hydrogen (secondary N) is 1. The maximum absolute atomic E-state index is 12.6. The van der Waals surface area contributed by atoms with E-state index in [4.69, 9.17) is 0 Å². The summed E-state index contributed by atoms with van der Waals surface area (Å²) in [5, 5.41) is 3.46. The van der Waals surface area contributed by atoms with Crippen molar-refractivity contribution < 1.29 is 4.79 Å². The number of nitrogens with zero attached hydrogens (tertiary/aromatic N) is 3. The van der Waals surface area contributed by atoms with Crippen LogP contribution in [-0.2, 0) is 0 Å². The van der Waals surface area contributed by atoms with E-state index < -0.39 is 0 Å². The van der Waals surface area contributed by atoms with E-state index in [1.54, 1.807) is 6.20 Å². The Morgan fingerprint density at radius 2 is 2.00 bits per heavy atom. The SMILES string of the molecule is O=C(c1ccnc(NC[C@H]2CCN(C3CC3)C2)c1)N1CCCCC1. The normalized spacial score (nSPS) is 25.0. The van der Waals surface area contributed by atoms with Gasteiger partial charge in [0, 0.05) is 44.0 Å². The lowest BCUT2D eigenvalue weighted by Gasteiger charge is -2.26. The summed E-state index contributed by atoms with van der Waals surface area (Å²) in [6, 6.07) is 4.63. The second kappa shape index (κ2) is 7.09. The van der Waals surface area contributed by atoms with Gasteiger partial charge < -0.3 is 15.1 Å². The summed E-state index contributed by atoms with van der Waals surface area (Å²) >= 11 is 0. The molecule has 5 nitrogen and oxygen atoms in total. The highest BCUT2D eigenvalue weighted by atomic mass is 16.2. The highest BCUT2D eigenvalue weighted by Gasteiger charge is 2.34. The summed E-state index contributed by atoms with van der Waals surface area (Å²) in [4.78, 5) is 21.6. The Bertz CT molecular complexity index is 580. The first-order valence-electron chi connectivity index (χ1n) is 9.53. The Morgan fingerprint density at radius 3 is 2.79 bits per heavy atom. The number of piperidine rings is 1. The van der Waals surface area contributed by atoms with Crippen LogP contribution in [0.1, 0.15) is 48.9 Å². The molecule has 1 saturated carbocycles. The van der Waals surface area contributed by atoms with Crippen LogP contribution in [0.4, 0.5) is 5.82 Å². The fourth-order valence-corrected chi connectivity index (χ4v) is 3.99. The fraction of sp³-hybridized carbons (Fsp3) is 0.684. The van der Waals surface area contributed by atoms with Crippen molar-refractivity contribution in [1.29, 1.82) is 0 Å². The van der Waals surface area contributed by atoms with Crippen molar-refractivity contribution in [2.75, 3.05) is 38.0 Å². The number of hydrogen-bond donors (Lipinski definition) is 1. The molecule has 3 fully saturated rings. The van der Waals surface area contributed by atoms with Crippen molar-refractivity contribution in [1.82, 2.24) is 14.8 Å². The topological polar surface area (TPSA) is 48.5 Å². The lowest BCUT2D eigenvalue weighted by molar-refractivity contribution is 0.0724. The summed E-state index contributed by atoms with van der Waals surface area (Å²) in [6.45, 7) is 5.20. The molecule has 5 heteroatoms. The van der Waals surface area contributed by atoms with Crippen LogP contribution in [0, 0.1) is 5.92 Å². The van der Waals surface area contributed by atoms with E-state index in [1.165, 1.54) is 38.8 Å². The summed E-state index contributed by atoms with van der Waals surface area (Å²) in [5.41, 5.74) is 0.764. The van der Waals surface area contributed by atoms with Crippen LogP contribution in [0.25, 0.3) is 0 Å². The number of carbonyl (C=O) groups excluding carboxylic acids is 1. The van der Waals surface area contributed by atoms with Crippen LogP contribution in [-0.4, -0.2) is 59.5 Å². The van der Waals surface area contributed by atoms with E-state index in [0.29, 0.717) is 5.92 Å². The van der Waals surface area contributed by atoms with Crippen LogP contribution < -0.4 is 5.32 Å². The van der Waals surface area contributed by atoms with Crippen LogP contribution in [0.5, 0.6) is 0 Å². The van der Waals surface area contributed by atoms with Crippen molar-refractivity contribution in [3.63, 3.8) is 0 Å². The third-order valence-electron chi connectivity index (χ3n) is 5.60. The van der Waals surface area contributed by atoms with E-state index >= 15 is 0 Å². The minimum Gasteiger partial charge on any atom is -0.370 e. The molecule has 1 N–H and O–H groups in total. The molecule has 3 heterocycles. The van der Waals surface area contributed by atoms with Gasteiger partial charge in [0.1, 0.15) is 5.82 Å². The Kier molecular flexibility index (Phi) is 4.69. The average molecular weight is 328 g/mol. The summed E-state index contributed by atoms with van der Waals surface area (Å²) < 4.78 is 0. The van der Waals surface area contributed by atoms with Crippen molar-refractivity contribution in [3.8, 4) is 0 Å². The molecular formula is C19H28N4O.